The number of pyridine rings is 1. The predicted molar refractivity (Wildman–Crippen MR) is 61.0 cm³/mol. The average Bonchev–Trinajstić information content (AvgIpc) is 2.29. The highest BCUT2D eigenvalue weighted by atomic mass is 16.5. The SMILES string of the molecule is CC1CC(Nc2cccc(C#N)n2)CCO1. The number of hydrogen-bond donors (Lipinski definition) is 1. The zero-order chi connectivity index (χ0) is 11.4. The molecular formula is C12H15N3O. The molecule has 1 N–H and O–H groups in total. The molecule has 1 fully saturated rings. The molecule has 0 radical (unpaired) electrons. The lowest BCUT2D eigenvalue weighted by molar-refractivity contribution is 0.0232. The Bertz CT molecular complexity index is 399. The van der Waals surface area contributed by atoms with Crippen LogP contribution in [0.3, 0.4) is 0 Å². The Morgan fingerprint density at radius 2 is 2.44 bits per heavy atom. The summed E-state index contributed by atoms with van der Waals surface area (Å²) >= 11 is 0. The molecule has 1 aromatic heterocycles. The van der Waals surface area contributed by atoms with Crippen LogP contribution in [0.15, 0.2) is 18.2 Å². The molecule has 1 saturated heterocycles. The van der Waals surface area contributed by atoms with E-state index < -0.39 is 0 Å². The van der Waals surface area contributed by atoms with Gasteiger partial charge in [0, 0.05) is 12.6 Å². The van der Waals surface area contributed by atoms with Crippen molar-refractivity contribution in [1.29, 1.82) is 5.26 Å². The average molecular weight is 217 g/mol. The smallest absolute Gasteiger partial charge is 0.142 e. The molecule has 0 amide bonds. The number of nitrogens with one attached hydrogen (secondary N) is 1. The van der Waals surface area contributed by atoms with Gasteiger partial charge in [0.15, 0.2) is 0 Å². The van der Waals surface area contributed by atoms with E-state index in [1.165, 1.54) is 0 Å². The van der Waals surface area contributed by atoms with Crippen LogP contribution in [0, 0.1) is 11.3 Å². The van der Waals surface area contributed by atoms with Crippen LogP contribution < -0.4 is 5.32 Å². The highest BCUT2D eigenvalue weighted by molar-refractivity contribution is 5.39. The molecule has 2 heterocycles. The lowest BCUT2D eigenvalue weighted by Crippen LogP contribution is -2.32. The molecular weight excluding hydrogens is 202 g/mol. The van der Waals surface area contributed by atoms with E-state index in [0.29, 0.717) is 17.8 Å². The van der Waals surface area contributed by atoms with E-state index in [2.05, 4.69) is 17.2 Å². The molecule has 4 heteroatoms. The number of hydrogen-bond acceptors (Lipinski definition) is 4. The lowest BCUT2D eigenvalue weighted by atomic mass is 10.0. The van der Waals surface area contributed by atoms with Crippen molar-refractivity contribution in [2.24, 2.45) is 0 Å². The Hall–Kier alpha value is -1.60. The van der Waals surface area contributed by atoms with Gasteiger partial charge >= 0.3 is 0 Å². The first-order valence-electron chi connectivity index (χ1n) is 5.53. The molecule has 0 spiro atoms. The molecule has 2 rings (SSSR count). The fourth-order valence-electron chi connectivity index (χ4n) is 1.92. The standard InChI is InChI=1S/C12H15N3O/c1-9-7-10(5-6-16-9)14-12-4-2-3-11(8-13)15-12/h2-4,9-10H,5-7H2,1H3,(H,14,15). The van der Waals surface area contributed by atoms with Crippen LogP contribution in [-0.2, 0) is 4.74 Å². The summed E-state index contributed by atoms with van der Waals surface area (Å²) < 4.78 is 5.48. The maximum atomic E-state index is 8.75. The zero-order valence-electron chi connectivity index (χ0n) is 9.31. The Kier molecular flexibility index (Phi) is 3.37. The van der Waals surface area contributed by atoms with E-state index in [0.717, 1.165) is 25.3 Å². The van der Waals surface area contributed by atoms with Gasteiger partial charge in [-0.1, -0.05) is 6.07 Å². The third kappa shape index (κ3) is 2.71. The Labute approximate surface area is 95.3 Å². The summed E-state index contributed by atoms with van der Waals surface area (Å²) in [4.78, 5) is 4.20. The summed E-state index contributed by atoms with van der Waals surface area (Å²) in [7, 11) is 0. The minimum Gasteiger partial charge on any atom is -0.378 e. The number of ether oxygens (including phenoxy) is 1. The zero-order valence-corrected chi connectivity index (χ0v) is 9.31. The van der Waals surface area contributed by atoms with E-state index >= 15 is 0 Å². The van der Waals surface area contributed by atoms with Crippen molar-refractivity contribution < 1.29 is 4.74 Å². The Morgan fingerprint density at radius 1 is 1.56 bits per heavy atom. The van der Waals surface area contributed by atoms with Crippen LogP contribution in [0.4, 0.5) is 5.82 Å². The molecule has 2 unspecified atom stereocenters. The largest absolute Gasteiger partial charge is 0.378 e. The summed E-state index contributed by atoms with van der Waals surface area (Å²) in [6, 6.07) is 7.87. The quantitative estimate of drug-likeness (QED) is 0.822. The van der Waals surface area contributed by atoms with Crippen LogP contribution >= 0.6 is 0 Å². The first-order valence-corrected chi connectivity index (χ1v) is 5.53. The Balaban J connectivity index is 2.00. The minimum atomic E-state index is 0.297. The number of nitrogens with zero attached hydrogens (tertiary/aromatic N) is 2. The lowest BCUT2D eigenvalue weighted by Gasteiger charge is -2.28. The molecule has 1 aliphatic rings. The highest BCUT2D eigenvalue weighted by Crippen LogP contribution is 2.17. The molecule has 0 aliphatic carbocycles. The second kappa shape index (κ2) is 4.95. The molecule has 16 heavy (non-hydrogen) atoms. The molecule has 1 aliphatic heterocycles. The van der Waals surface area contributed by atoms with Crippen LogP contribution in [0.25, 0.3) is 0 Å². The number of rotatable bonds is 2. The molecule has 4 nitrogen and oxygen atoms in total. The van der Waals surface area contributed by atoms with E-state index in [-0.39, 0.29) is 0 Å². The molecule has 1 aromatic rings. The van der Waals surface area contributed by atoms with Gasteiger partial charge in [0.2, 0.25) is 0 Å². The van der Waals surface area contributed by atoms with Gasteiger partial charge in [-0.05, 0) is 31.9 Å². The predicted octanol–water partition coefficient (Wildman–Crippen LogP) is 1.93. The van der Waals surface area contributed by atoms with Gasteiger partial charge in [-0.15, -0.1) is 0 Å². The van der Waals surface area contributed by atoms with Crippen LogP contribution in [0.5, 0.6) is 0 Å². The first-order chi connectivity index (χ1) is 7.78. The van der Waals surface area contributed by atoms with Crippen molar-refractivity contribution >= 4 is 5.82 Å². The molecule has 2 atom stereocenters. The van der Waals surface area contributed by atoms with Crippen LogP contribution in [0.1, 0.15) is 25.5 Å². The third-order valence-corrected chi connectivity index (χ3v) is 2.70. The first kappa shape index (κ1) is 10.9. The number of nitriles is 1. The van der Waals surface area contributed by atoms with Crippen molar-refractivity contribution in [2.75, 3.05) is 11.9 Å². The topological polar surface area (TPSA) is 57.9 Å². The number of anilines is 1. The number of aromatic nitrogens is 1. The van der Waals surface area contributed by atoms with Gasteiger partial charge < -0.3 is 10.1 Å². The van der Waals surface area contributed by atoms with E-state index in [1.807, 2.05) is 18.2 Å². The van der Waals surface area contributed by atoms with Gasteiger partial charge in [0.25, 0.3) is 0 Å². The van der Waals surface area contributed by atoms with E-state index in [9.17, 15) is 0 Å². The van der Waals surface area contributed by atoms with Crippen molar-refractivity contribution in [3.05, 3.63) is 23.9 Å². The van der Waals surface area contributed by atoms with Gasteiger partial charge in [0.05, 0.1) is 6.10 Å². The summed E-state index contributed by atoms with van der Waals surface area (Å²) in [5.41, 5.74) is 0.449. The van der Waals surface area contributed by atoms with Crippen molar-refractivity contribution in [3.63, 3.8) is 0 Å². The summed E-state index contributed by atoms with van der Waals surface area (Å²) in [5, 5.41) is 12.1. The van der Waals surface area contributed by atoms with Crippen LogP contribution in [0.2, 0.25) is 0 Å². The second-order valence-electron chi connectivity index (χ2n) is 4.07. The maximum Gasteiger partial charge on any atom is 0.142 e. The summed E-state index contributed by atoms with van der Waals surface area (Å²) in [6.45, 7) is 2.86. The summed E-state index contributed by atoms with van der Waals surface area (Å²) in [5.74, 6) is 0.776. The normalized spacial score (nSPS) is 24.8. The monoisotopic (exact) mass is 217 g/mol. The Morgan fingerprint density at radius 3 is 3.19 bits per heavy atom. The van der Waals surface area contributed by atoms with Crippen molar-refractivity contribution in [3.8, 4) is 6.07 Å². The highest BCUT2D eigenvalue weighted by Gasteiger charge is 2.19. The summed E-state index contributed by atoms with van der Waals surface area (Å²) in [6.07, 6.45) is 2.27. The van der Waals surface area contributed by atoms with Crippen LogP contribution in [-0.4, -0.2) is 23.7 Å². The fraction of sp³-hybridized carbons (Fsp3) is 0.500. The fourth-order valence-corrected chi connectivity index (χ4v) is 1.92. The van der Waals surface area contributed by atoms with Gasteiger partial charge in [-0.3, -0.25) is 0 Å². The van der Waals surface area contributed by atoms with Gasteiger partial charge in [-0.2, -0.15) is 5.26 Å². The molecule has 0 saturated carbocycles. The van der Waals surface area contributed by atoms with Crippen molar-refractivity contribution in [1.82, 2.24) is 4.98 Å². The molecule has 0 aromatic carbocycles. The second-order valence-corrected chi connectivity index (χ2v) is 4.07. The maximum absolute atomic E-state index is 8.75. The molecule has 84 valence electrons. The third-order valence-electron chi connectivity index (χ3n) is 2.70. The van der Waals surface area contributed by atoms with Gasteiger partial charge in [-0.25, -0.2) is 4.98 Å². The minimum absolute atomic E-state index is 0.297. The molecule has 0 bridgehead atoms. The van der Waals surface area contributed by atoms with E-state index in [4.69, 9.17) is 10.00 Å². The van der Waals surface area contributed by atoms with Gasteiger partial charge in [0.1, 0.15) is 17.6 Å². The van der Waals surface area contributed by atoms with Crippen molar-refractivity contribution in [2.45, 2.75) is 31.9 Å². The van der Waals surface area contributed by atoms with E-state index in [1.54, 1.807) is 6.07 Å².